The van der Waals surface area contributed by atoms with Gasteiger partial charge in [-0.15, -0.1) is 0 Å². The number of hydrogen-bond acceptors (Lipinski definition) is 3. The molecule has 0 aliphatic carbocycles. The molecule has 1 aromatic carbocycles. The number of carbonyl (C=O) groups excluding carboxylic acids is 1. The molecule has 0 fully saturated rings. The highest BCUT2D eigenvalue weighted by molar-refractivity contribution is 5.92. The summed E-state index contributed by atoms with van der Waals surface area (Å²) in [7, 11) is 1.57. The standard InChI is InChI=1S/C18H28O3/c1-14(2)9-7-5-6-8-12-21-18(19)16-11-10-15(3)13-17(16)20-4/h10-11,13-14H,5-9,12H2,1-4H3. The van der Waals surface area contributed by atoms with Crippen LogP contribution in [-0.2, 0) is 4.74 Å². The Kier molecular flexibility index (Phi) is 7.88. The first kappa shape index (κ1) is 17.5. The van der Waals surface area contributed by atoms with E-state index in [1.807, 2.05) is 19.1 Å². The first-order valence-corrected chi connectivity index (χ1v) is 7.86. The van der Waals surface area contributed by atoms with Gasteiger partial charge in [0.05, 0.1) is 13.7 Å². The molecule has 0 heterocycles. The molecule has 0 bridgehead atoms. The van der Waals surface area contributed by atoms with Crippen LogP contribution >= 0.6 is 0 Å². The summed E-state index contributed by atoms with van der Waals surface area (Å²) < 4.78 is 10.5. The Bertz CT molecular complexity index is 438. The lowest BCUT2D eigenvalue weighted by Gasteiger charge is -2.09. The average Bonchev–Trinajstić information content (AvgIpc) is 2.45. The Morgan fingerprint density at radius 3 is 2.52 bits per heavy atom. The second-order valence-electron chi connectivity index (χ2n) is 5.94. The van der Waals surface area contributed by atoms with E-state index >= 15 is 0 Å². The van der Waals surface area contributed by atoms with E-state index in [0.29, 0.717) is 17.9 Å². The predicted octanol–water partition coefficient (Wildman–Crippen LogP) is 4.77. The van der Waals surface area contributed by atoms with Gasteiger partial charge in [-0.05, 0) is 37.0 Å². The van der Waals surface area contributed by atoms with Crippen molar-refractivity contribution in [2.24, 2.45) is 5.92 Å². The van der Waals surface area contributed by atoms with E-state index in [9.17, 15) is 4.79 Å². The summed E-state index contributed by atoms with van der Waals surface area (Å²) in [4.78, 5) is 12.0. The molecule has 0 atom stereocenters. The minimum absolute atomic E-state index is 0.297. The fourth-order valence-electron chi connectivity index (χ4n) is 2.22. The molecule has 1 aromatic rings. The summed E-state index contributed by atoms with van der Waals surface area (Å²) in [5.41, 5.74) is 1.57. The van der Waals surface area contributed by atoms with Gasteiger partial charge in [0.15, 0.2) is 0 Å². The highest BCUT2D eigenvalue weighted by Crippen LogP contribution is 2.21. The maximum absolute atomic E-state index is 12.0. The Labute approximate surface area is 128 Å². The van der Waals surface area contributed by atoms with Gasteiger partial charge in [0.1, 0.15) is 11.3 Å². The summed E-state index contributed by atoms with van der Waals surface area (Å²) in [6, 6.07) is 5.51. The number of benzene rings is 1. The molecule has 0 amide bonds. The maximum Gasteiger partial charge on any atom is 0.341 e. The van der Waals surface area contributed by atoms with Crippen LogP contribution in [0, 0.1) is 12.8 Å². The Morgan fingerprint density at radius 2 is 1.86 bits per heavy atom. The van der Waals surface area contributed by atoms with Crippen LogP contribution in [0.25, 0.3) is 0 Å². The summed E-state index contributed by atoms with van der Waals surface area (Å²) >= 11 is 0. The molecular formula is C18H28O3. The minimum atomic E-state index is -0.297. The Morgan fingerprint density at radius 1 is 1.14 bits per heavy atom. The summed E-state index contributed by atoms with van der Waals surface area (Å²) in [6.45, 7) is 6.94. The van der Waals surface area contributed by atoms with Crippen molar-refractivity contribution in [3.63, 3.8) is 0 Å². The third-order valence-corrected chi connectivity index (χ3v) is 3.49. The molecule has 0 aliphatic rings. The van der Waals surface area contributed by atoms with Gasteiger partial charge in [-0.3, -0.25) is 0 Å². The molecule has 0 saturated heterocycles. The van der Waals surface area contributed by atoms with Crippen LogP contribution in [0.3, 0.4) is 0 Å². The van der Waals surface area contributed by atoms with E-state index in [4.69, 9.17) is 9.47 Å². The van der Waals surface area contributed by atoms with Crippen LogP contribution in [0.4, 0.5) is 0 Å². The number of carbonyl (C=O) groups is 1. The fraction of sp³-hybridized carbons (Fsp3) is 0.611. The largest absolute Gasteiger partial charge is 0.496 e. The van der Waals surface area contributed by atoms with Gasteiger partial charge in [0, 0.05) is 0 Å². The van der Waals surface area contributed by atoms with E-state index in [-0.39, 0.29) is 5.97 Å². The van der Waals surface area contributed by atoms with E-state index in [0.717, 1.165) is 24.3 Å². The van der Waals surface area contributed by atoms with Gasteiger partial charge >= 0.3 is 5.97 Å². The zero-order valence-electron chi connectivity index (χ0n) is 13.8. The van der Waals surface area contributed by atoms with Crippen molar-refractivity contribution >= 4 is 5.97 Å². The zero-order chi connectivity index (χ0) is 15.7. The first-order chi connectivity index (χ1) is 10.0. The molecule has 0 N–H and O–H groups in total. The number of ether oxygens (including phenoxy) is 2. The smallest absolute Gasteiger partial charge is 0.341 e. The summed E-state index contributed by atoms with van der Waals surface area (Å²) in [5.74, 6) is 1.06. The average molecular weight is 292 g/mol. The Hall–Kier alpha value is -1.51. The molecule has 0 unspecified atom stereocenters. The highest BCUT2D eigenvalue weighted by atomic mass is 16.5. The van der Waals surface area contributed by atoms with Gasteiger partial charge in [-0.2, -0.15) is 0 Å². The van der Waals surface area contributed by atoms with Gasteiger partial charge in [-0.25, -0.2) is 4.79 Å². The van der Waals surface area contributed by atoms with E-state index < -0.39 is 0 Å². The molecule has 0 saturated carbocycles. The van der Waals surface area contributed by atoms with Crippen LogP contribution in [0.1, 0.15) is 61.9 Å². The fourth-order valence-corrected chi connectivity index (χ4v) is 2.22. The Balaban J connectivity index is 2.28. The summed E-state index contributed by atoms with van der Waals surface area (Å²) in [5, 5.41) is 0. The molecule has 21 heavy (non-hydrogen) atoms. The number of unbranched alkanes of at least 4 members (excludes halogenated alkanes) is 3. The molecule has 0 radical (unpaired) electrons. The van der Waals surface area contributed by atoms with Crippen molar-refractivity contribution in [1.29, 1.82) is 0 Å². The van der Waals surface area contributed by atoms with Crippen molar-refractivity contribution in [3.05, 3.63) is 29.3 Å². The van der Waals surface area contributed by atoms with Crippen molar-refractivity contribution < 1.29 is 14.3 Å². The molecule has 0 aromatic heterocycles. The second kappa shape index (κ2) is 9.43. The van der Waals surface area contributed by atoms with Gasteiger partial charge in [0.2, 0.25) is 0 Å². The van der Waals surface area contributed by atoms with E-state index in [1.54, 1.807) is 13.2 Å². The number of aryl methyl sites for hydroxylation is 1. The maximum atomic E-state index is 12.0. The van der Waals surface area contributed by atoms with E-state index in [2.05, 4.69) is 13.8 Å². The van der Waals surface area contributed by atoms with Crippen molar-refractivity contribution in [3.8, 4) is 5.75 Å². The van der Waals surface area contributed by atoms with Crippen LogP contribution in [0.15, 0.2) is 18.2 Å². The van der Waals surface area contributed by atoms with E-state index in [1.165, 1.54) is 19.3 Å². The van der Waals surface area contributed by atoms with Gasteiger partial charge in [-0.1, -0.05) is 45.6 Å². The third kappa shape index (κ3) is 6.65. The SMILES string of the molecule is COc1cc(C)ccc1C(=O)OCCCCCCC(C)C. The normalized spacial score (nSPS) is 10.7. The number of hydrogen-bond donors (Lipinski definition) is 0. The summed E-state index contributed by atoms with van der Waals surface area (Å²) in [6.07, 6.45) is 5.80. The van der Waals surface area contributed by atoms with Crippen molar-refractivity contribution in [2.75, 3.05) is 13.7 Å². The third-order valence-electron chi connectivity index (χ3n) is 3.49. The minimum Gasteiger partial charge on any atom is -0.496 e. The molecule has 3 nitrogen and oxygen atoms in total. The molecule has 3 heteroatoms. The number of rotatable bonds is 9. The first-order valence-electron chi connectivity index (χ1n) is 7.86. The van der Waals surface area contributed by atoms with Crippen LogP contribution < -0.4 is 4.74 Å². The van der Waals surface area contributed by atoms with Crippen molar-refractivity contribution in [1.82, 2.24) is 0 Å². The lowest BCUT2D eigenvalue weighted by molar-refractivity contribution is 0.0494. The quantitative estimate of drug-likeness (QED) is 0.486. The van der Waals surface area contributed by atoms with Crippen LogP contribution in [0.2, 0.25) is 0 Å². The molecule has 0 aliphatic heterocycles. The monoisotopic (exact) mass is 292 g/mol. The molecule has 1 rings (SSSR count). The second-order valence-corrected chi connectivity index (χ2v) is 5.94. The number of esters is 1. The topological polar surface area (TPSA) is 35.5 Å². The zero-order valence-corrected chi connectivity index (χ0v) is 13.8. The highest BCUT2D eigenvalue weighted by Gasteiger charge is 2.13. The predicted molar refractivity (Wildman–Crippen MR) is 85.9 cm³/mol. The van der Waals surface area contributed by atoms with Gasteiger partial charge in [0.25, 0.3) is 0 Å². The lowest BCUT2D eigenvalue weighted by Crippen LogP contribution is -2.08. The van der Waals surface area contributed by atoms with Crippen molar-refractivity contribution in [2.45, 2.75) is 52.9 Å². The van der Waals surface area contributed by atoms with Crippen LogP contribution in [-0.4, -0.2) is 19.7 Å². The molecular weight excluding hydrogens is 264 g/mol. The van der Waals surface area contributed by atoms with Crippen LogP contribution in [0.5, 0.6) is 5.75 Å². The molecule has 0 spiro atoms. The van der Waals surface area contributed by atoms with Gasteiger partial charge < -0.3 is 9.47 Å². The molecule has 118 valence electrons. The number of methoxy groups -OCH3 is 1. The lowest BCUT2D eigenvalue weighted by atomic mass is 10.0.